The van der Waals surface area contributed by atoms with E-state index in [9.17, 15) is 10.5 Å². The SMILES string of the molecule is N#CNC1=NC(c2c3ccccc3c(Cl)c3ccccc23)c2c(nc(N)c(C#N)c2N)N1. The molecular formula is C23H15ClN8. The van der Waals surface area contributed by atoms with Crippen LogP contribution < -0.4 is 22.1 Å². The standard InChI is InChI=1S/C23H15ClN8/c24-18-13-7-3-1-5-11(13)16(12-6-2-4-8-14(12)18)20-17-19(27)15(9-25)21(28)31-22(17)32-23(30-20)29-10-26/h1-8,20H,(H6,27,28,29,30,31,32). The third-order valence-electron chi connectivity index (χ3n) is 5.54. The number of benzene rings is 3. The number of aliphatic imine (C=N–C) groups is 1. The monoisotopic (exact) mass is 438 g/mol. The number of nitrogen functional groups attached to an aromatic ring is 2. The molecule has 8 nitrogen and oxygen atoms in total. The van der Waals surface area contributed by atoms with Crippen molar-refractivity contribution < 1.29 is 0 Å². The van der Waals surface area contributed by atoms with E-state index in [0.717, 1.165) is 27.1 Å². The Balaban J connectivity index is 1.95. The van der Waals surface area contributed by atoms with Gasteiger partial charge >= 0.3 is 0 Å². The molecule has 9 heteroatoms. The predicted octanol–water partition coefficient (Wildman–Crippen LogP) is 4.02. The van der Waals surface area contributed by atoms with Crippen LogP contribution in [0.5, 0.6) is 0 Å². The summed E-state index contributed by atoms with van der Waals surface area (Å²) in [6.07, 6.45) is 1.87. The lowest BCUT2D eigenvalue weighted by molar-refractivity contribution is 0.861. The van der Waals surface area contributed by atoms with E-state index in [1.165, 1.54) is 0 Å². The molecule has 0 saturated carbocycles. The van der Waals surface area contributed by atoms with E-state index in [2.05, 4.69) is 15.6 Å². The zero-order valence-electron chi connectivity index (χ0n) is 16.5. The number of aromatic nitrogens is 1. The van der Waals surface area contributed by atoms with E-state index in [4.69, 9.17) is 28.1 Å². The van der Waals surface area contributed by atoms with E-state index in [1.54, 1.807) is 0 Å². The van der Waals surface area contributed by atoms with Gasteiger partial charge in [0.15, 0.2) is 6.19 Å². The summed E-state index contributed by atoms with van der Waals surface area (Å²) >= 11 is 6.76. The van der Waals surface area contributed by atoms with Gasteiger partial charge in [0, 0.05) is 16.3 Å². The number of nitrogens with zero attached hydrogens (tertiary/aromatic N) is 4. The summed E-state index contributed by atoms with van der Waals surface area (Å²) in [5, 5.41) is 28.4. The van der Waals surface area contributed by atoms with Gasteiger partial charge in [0.25, 0.3) is 0 Å². The zero-order chi connectivity index (χ0) is 22.4. The lowest BCUT2D eigenvalue weighted by Gasteiger charge is -2.28. The molecule has 0 radical (unpaired) electrons. The lowest BCUT2D eigenvalue weighted by Crippen LogP contribution is -2.33. The molecule has 0 fully saturated rings. The summed E-state index contributed by atoms with van der Waals surface area (Å²) in [5.41, 5.74) is 14.0. The molecule has 2 heterocycles. The third-order valence-corrected chi connectivity index (χ3v) is 5.95. The van der Waals surface area contributed by atoms with E-state index in [0.29, 0.717) is 16.4 Å². The molecule has 1 aliphatic heterocycles. The molecule has 154 valence electrons. The van der Waals surface area contributed by atoms with Crippen molar-refractivity contribution in [1.82, 2.24) is 10.3 Å². The van der Waals surface area contributed by atoms with Crippen LogP contribution in [-0.4, -0.2) is 10.9 Å². The fourth-order valence-electron chi connectivity index (χ4n) is 4.19. The van der Waals surface area contributed by atoms with Crippen LogP contribution in [0.2, 0.25) is 5.02 Å². The highest BCUT2D eigenvalue weighted by atomic mass is 35.5. The number of halogens is 1. The first-order valence-corrected chi connectivity index (χ1v) is 10.0. The summed E-state index contributed by atoms with van der Waals surface area (Å²) in [5.74, 6) is 0.531. The summed E-state index contributed by atoms with van der Waals surface area (Å²) in [7, 11) is 0. The minimum Gasteiger partial charge on any atom is -0.397 e. The van der Waals surface area contributed by atoms with E-state index in [-0.39, 0.29) is 23.0 Å². The molecule has 0 saturated heterocycles. The fraction of sp³-hybridized carbons (Fsp3) is 0.0435. The first kappa shape index (κ1) is 19.4. The maximum atomic E-state index is 9.59. The number of anilines is 3. The van der Waals surface area contributed by atoms with Crippen LogP contribution in [0.25, 0.3) is 21.5 Å². The van der Waals surface area contributed by atoms with Crippen molar-refractivity contribution in [3.8, 4) is 12.3 Å². The molecule has 1 aromatic heterocycles. The van der Waals surface area contributed by atoms with Crippen molar-refractivity contribution in [3.05, 3.63) is 70.2 Å². The number of hydrogen-bond acceptors (Lipinski definition) is 8. The van der Waals surface area contributed by atoms with Crippen LogP contribution in [0.3, 0.4) is 0 Å². The Morgan fingerprint density at radius 1 is 0.938 bits per heavy atom. The Kier molecular flexibility index (Phi) is 4.44. The van der Waals surface area contributed by atoms with E-state index in [1.807, 2.05) is 60.8 Å². The molecule has 0 aliphatic carbocycles. The van der Waals surface area contributed by atoms with Gasteiger partial charge in [-0.15, -0.1) is 0 Å². The van der Waals surface area contributed by atoms with Crippen LogP contribution in [0.4, 0.5) is 17.3 Å². The van der Waals surface area contributed by atoms with Crippen molar-refractivity contribution >= 4 is 56.4 Å². The van der Waals surface area contributed by atoms with Gasteiger partial charge in [0.1, 0.15) is 29.3 Å². The quantitative estimate of drug-likeness (QED) is 0.199. The Morgan fingerprint density at radius 2 is 1.53 bits per heavy atom. The van der Waals surface area contributed by atoms with E-state index >= 15 is 0 Å². The number of guanidine groups is 1. The van der Waals surface area contributed by atoms with Crippen molar-refractivity contribution in [3.63, 3.8) is 0 Å². The Morgan fingerprint density at radius 3 is 2.09 bits per heavy atom. The smallest absolute Gasteiger partial charge is 0.211 e. The molecule has 5 rings (SSSR count). The third kappa shape index (κ3) is 2.75. The average molecular weight is 439 g/mol. The van der Waals surface area contributed by atoms with Crippen molar-refractivity contribution in [2.24, 2.45) is 4.99 Å². The summed E-state index contributed by atoms with van der Waals surface area (Å²) < 4.78 is 0. The van der Waals surface area contributed by atoms with E-state index < -0.39 is 6.04 Å². The summed E-state index contributed by atoms with van der Waals surface area (Å²) in [4.78, 5) is 9.08. The normalized spacial score (nSPS) is 14.7. The minimum atomic E-state index is -0.672. The average Bonchev–Trinajstić information content (AvgIpc) is 2.79. The van der Waals surface area contributed by atoms with Crippen molar-refractivity contribution in [1.29, 1.82) is 10.5 Å². The number of fused-ring (bicyclic) bond motifs is 3. The van der Waals surface area contributed by atoms with Gasteiger partial charge in [-0.1, -0.05) is 60.1 Å². The first-order chi connectivity index (χ1) is 15.5. The second-order valence-corrected chi connectivity index (χ2v) is 7.60. The highest BCUT2D eigenvalue weighted by molar-refractivity contribution is 6.41. The van der Waals surface area contributed by atoms with Crippen LogP contribution in [0.1, 0.15) is 22.7 Å². The van der Waals surface area contributed by atoms with Gasteiger partial charge in [0.2, 0.25) is 5.96 Å². The molecule has 0 spiro atoms. The number of rotatable bonds is 1. The number of nitrogens with one attached hydrogen (secondary N) is 2. The Hall–Kier alpha value is -4.53. The topological polar surface area (TPSA) is 149 Å². The number of nitrogens with two attached hydrogens (primary N) is 2. The minimum absolute atomic E-state index is 0.000898. The highest BCUT2D eigenvalue weighted by Crippen LogP contribution is 2.46. The number of pyridine rings is 1. The summed E-state index contributed by atoms with van der Waals surface area (Å²) in [6, 6.07) is 16.8. The molecule has 4 aromatic rings. The highest BCUT2D eigenvalue weighted by Gasteiger charge is 2.32. The largest absolute Gasteiger partial charge is 0.397 e. The molecule has 1 aliphatic rings. The molecule has 32 heavy (non-hydrogen) atoms. The number of nitriles is 2. The predicted molar refractivity (Wildman–Crippen MR) is 126 cm³/mol. The molecule has 0 bridgehead atoms. The maximum absolute atomic E-state index is 9.59. The molecular weight excluding hydrogens is 424 g/mol. The van der Waals surface area contributed by atoms with Gasteiger partial charge < -0.3 is 16.8 Å². The van der Waals surface area contributed by atoms with Gasteiger partial charge in [-0.05, 0) is 16.3 Å². The van der Waals surface area contributed by atoms with Crippen molar-refractivity contribution in [2.75, 3.05) is 16.8 Å². The van der Waals surface area contributed by atoms with Crippen LogP contribution in [0.15, 0.2) is 53.5 Å². The van der Waals surface area contributed by atoms with Crippen LogP contribution in [-0.2, 0) is 0 Å². The first-order valence-electron chi connectivity index (χ1n) is 9.62. The van der Waals surface area contributed by atoms with Crippen molar-refractivity contribution in [2.45, 2.75) is 6.04 Å². The van der Waals surface area contributed by atoms with Gasteiger partial charge in [-0.25, -0.2) is 9.98 Å². The van der Waals surface area contributed by atoms with Gasteiger partial charge in [0.05, 0.1) is 10.7 Å². The van der Waals surface area contributed by atoms with Gasteiger partial charge in [-0.3, -0.25) is 5.32 Å². The summed E-state index contributed by atoms with van der Waals surface area (Å²) in [6.45, 7) is 0. The molecule has 0 amide bonds. The maximum Gasteiger partial charge on any atom is 0.211 e. The molecule has 3 aromatic carbocycles. The number of hydrogen-bond donors (Lipinski definition) is 4. The van der Waals surface area contributed by atoms with Crippen LogP contribution in [0, 0.1) is 22.8 Å². The Bertz CT molecular complexity index is 1490. The Labute approximate surface area is 187 Å². The fourth-order valence-corrected chi connectivity index (χ4v) is 4.52. The molecule has 1 unspecified atom stereocenters. The molecule has 1 atom stereocenters. The van der Waals surface area contributed by atoms with Crippen LogP contribution >= 0.6 is 11.6 Å². The second kappa shape index (κ2) is 7.31. The molecule has 6 N–H and O–H groups in total. The zero-order valence-corrected chi connectivity index (χ0v) is 17.3. The second-order valence-electron chi connectivity index (χ2n) is 7.22. The van der Waals surface area contributed by atoms with Gasteiger partial charge in [-0.2, -0.15) is 10.5 Å². The lowest BCUT2D eigenvalue weighted by atomic mass is 9.87.